The van der Waals surface area contributed by atoms with Crippen molar-refractivity contribution in [2.45, 2.75) is 0 Å². The quantitative estimate of drug-likeness (QED) is 0.244. The molecule has 2 aromatic heterocycles. The van der Waals surface area contributed by atoms with E-state index in [0.717, 1.165) is 33.3 Å². The third-order valence-electron chi connectivity index (χ3n) is 7.22. The molecule has 0 fully saturated rings. The van der Waals surface area contributed by atoms with Crippen LogP contribution in [-0.4, -0.2) is 0 Å². The molecule has 0 N–H and O–H groups in total. The van der Waals surface area contributed by atoms with Crippen LogP contribution in [0.5, 0.6) is 0 Å². The van der Waals surface area contributed by atoms with Crippen LogP contribution in [0.2, 0.25) is 0 Å². The minimum absolute atomic E-state index is 0.905. The molecule has 6 aromatic carbocycles. The summed E-state index contributed by atoms with van der Waals surface area (Å²) in [6.07, 6.45) is 0. The molecule has 0 aliphatic rings. The molecule has 174 valence electrons. The molecule has 0 aliphatic carbocycles. The predicted molar refractivity (Wildman–Crippen MR) is 159 cm³/mol. The number of furan rings is 1. The van der Waals surface area contributed by atoms with Gasteiger partial charge in [0, 0.05) is 37.6 Å². The lowest BCUT2D eigenvalue weighted by Gasteiger charge is -2.26. The van der Waals surface area contributed by atoms with Gasteiger partial charge < -0.3 is 9.32 Å². The minimum atomic E-state index is 0.905. The van der Waals surface area contributed by atoms with Gasteiger partial charge in [-0.15, -0.1) is 11.3 Å². The molecule has 3 heteroatoms. The Kier molecular flexibility index (Phi) is 4.42. The molecule has 0 radical (unpaired) electrons. The van der Waals surface area contributed by atoms with Crippen molar-refractivity contribution >= 4 is 81.3 Å². The predicted octanol–water partition coefficient (Wildman–Crippen LogP) is 10.6. The van der Waals surface area contributed by atoms with Crippen LogP contribution in [0.15, 0.2) is 132 Å². The number of thiophene rings is 1. The van der Waals surface area contributed by atoms with E-state index < -0.39 is 0 Å². The number of rotatable bonds is 3. The first-order valence-electron chi connectivity index (χ1n) is 12.4. The van der Waals surface area contributed by atoms with E-state index in [2.05, 4.69) is 132 Å². The molecule has 0 aliphatic heterocycles. The average Bonchev–Trinajstić information content (AvgIpc) is 3.51. The Balaban J connectivity index is 1.41. The third-order valence-corrected chi connectivity index (χ3v) is 8.43. The normalized spacial score (nSPS) is 11.8. The maximum atomic E-state index is 6.30. The molecule has 0 saturated heterocycles. The van der Waals surface area contributed by atoms with Gasteiger partial charge in [-0.3, -0.25) is 0 Å². The molecule has 8 aromatic rings. The van der Waals surface area contributed by atoms with Gasteiger partial charge in [0.05, 0.1) is 10.4 Å². The highest BCUT2D eigenvalue weighted by Crippen LogP contribution is 2.45. The Morgan fingerprint density at radius 3 is 2.11 bits per heavy atom. The summed E-state index contributed by atoms with van der Waals surface area (Å²) >= 11 is 1.86. The lowest BCUT2D eigenvalue weighted by atomic mass is 10.1. The summed E-state index contributed by atoms with van der Waals surface area (Å²) in [5, 5.41) is 7.28. The summed E-state index contributed by atoms with van der Waals surface area (Å²) in [7, 11) is 0. The molecular formula is C34H21NOS. The standard InChI is InChI=1S/C34H21NOS/c1-2-11-24(12-3-1)35(30-15-8-14-27-26-13-6-7-16-33(26)37-34(27)30)25-17-18-31-29(21-25)28-19-22-9-4-5-10-23(22)20-32(28)36-31/h1-21H. The fraction of sp³-hybridized carbons (Fsp3) is 0. The highest BCUT2D eigenvalue weighted by Gasteiger charge is 2.19. The van der Waals surface area contributed by atoms with Crippen molar-refractivity contribution < 1.29 is 4.42 Å². The lowest BCUT2D eigenvalue weighted by Crippen LogP contribution is -2.09. The van der Waals surface area contributed by atoms with Crippen LogP contribution in [0.1, 0.15) is 0 Å². The number of hydrogen-bond donors (Lipinski definition) is 0. The summed E-state index contributed by atoms with van der Waals surface area (Å²) in [6.45, 7) is 0. The van der Waals surface area contributed by atoms with Gasteiger partial charge in [-0.2, -0.15) is 0 Å². The van der Waals surface area contributed by atoms with E-state index in [1.54, 1.807) is 0 Å². The third kappa shape index (κ3) is 3.18. The number of anilines is 3. The van der Waals surface area contributed by atoms with Crippen LogP contribution in [0.3, 0.4) is 0 Å². The maximum Gasteiger partial charge on any atom is 0.136 e. The zero-order chi connectivity index (χ0) is 24.3. The molecular weight excluding hydrogens is 470 g/mol. The first-order valence-corrected chi connectivity index (χ1v) is 13.3. The Morgan fingerprint density at radius 2 is 1.22 bits per heavy atom. The molecule has 2 nitrogen and oxygen atoms in total. The SMILES string of the molecule is c1ccc(N(c2ccc3oc4cc5ccccc5cc4c3c2)c2cccc3c2sc2ccccc23)cc1. The Labute approximate surface area is 217 Å². The topological polar surface area (TPSA) is 16.4 Å². The summed E-state index contributed by atoms with van der Waals surface area (Å²) in [5.41, 5.74) is 5.25. The van der Waals surface area contributed by atoms with Gasteiger partial charge in [0.2, 0.25) is 0 Å². The molecule has 0 atom stereocenters. The van der Waals surface area contributed by atoms with E-state index >= 15 is 0 Å². The molecule has 37 heavy (non-hydrogen) atoms. The molecule has 0 saturated carbocycles. The van der Waals surface area contributed by atoms with Gasteiger partial charge in [-0.05, 0) is 65.4 Å². The summed E-state index contributed by atoms with van der Waals surface area (Å²) < 4.78 is 8.89. The van der Waals surface area contributed by atoms with Gasteiger partial charge in [-0.25, -0.2) is 0 Å². The number of para-hydroxylation sites is 1. The largest absolute Gasteiger partial charge is 0.456 e. The molecule has 0 amide bonds. The van der Waals surface area contributed by atoms with Gasteiger partial charge in [0.1, 0.15) is 11.2 Å². The molecule has 2 heterocycles. The molecule has 0 bridgehead atoms. The fourth-order valence-corrected chi connectivity index (χ4v) is 6.71. The number of fused-ring (bicyclic) bond motifs is 7. The highest BCUT2D eigenvalue weighted by atomic mass is 32.1. The number of benzene rings is 6. The van der Waals surface area contributed by atoms with Gasteiger partial charge in [0.25, 0.3) is 0 Å². The zero-order valence-electron chi connectivity index (χ0n) is 19.9. The van der Waals surface area contributed by atoms with E-state index in [9.17, 15) is 0 Å². The number of nitrogens with zero attached hydrogens (tertiary/aromatic N) is 1. The Bertz CT molecular complexity index is 2100. The maximum absolute atomic E-state index is 6.30. The van der Waals surface area contributed by atoms with Crippen LogP contribution in [0.25, 0.3) is 52.9 Å². The second-order valence-corrected chi connectivity index (χ2v) is 10.5. The Hall–Kier alpha value is -4.60. The molecule has 0 spiro atoms. The van der Waals surface area contributed by atoms with Crippen LogP contribution in [0.4, 0.5) is 17.1 Å². The van der Waals surface area contributed by atoms with Crippen molar-refractivity contribution in [3.05, 3.63) is 127 Å². The summed E-state index contributed by atoms with van der Waals surface area (Å²) in [4.78, 5) is 2.37. The van der Waals surface area contributed by atoms with Crippen molar-refractivity contribution in [2.24, 2.45) is 0 Å². The fourth-order valence-electron chi connectivity index (χ4n) is 5.50. The van der Waals surface area contributed by atoms with E-state index in [4.69, 9.17) is 4.42 Å². The highest BCUT2D eigenvalue weighted by molar-refractivity contribution is 7.26. The second-order valence-electron chi connectivity index (χ2n) is 9.40. The van der Waals surface area contributed by atoms with Crippen molar-refractivity contribution in [1.29, 1.82) is 0 Å². The monoisotopic (exact) mass is 491 g/mol. The van der Waals surface area contributed by atoms with Crippen molar-refractivity contribution in [3.8, 4) is 0 Å². The second kappa shape index (κ2) is 7.95. The van der Waals surface area contributed by atoms with E-state index in [0.29, 0.717) is 0 Å². The van der Waals surface area contributed by atoms with Gasteiger partial charge in [0.15, 0.2) is 0 Å². The van der Waals surface area contributed by atoms with Crippen LogP contribution >= 0.6 is 11.3 Å². The lowest BCUT2D eigenvalue weighted by molar-refractivity contribution is 0.669. The van der Waals surface area contributed by atoms with E-state index in [1.165, 1.54) is 36.6 Å². The summed E-state index contributed by atoms with van der Waals surface area (Å²) in [5.74, 6) is 0. The van der Waals surface area contributed by atoms with Crippen LogP contribution in [-0.2, 0) is 0 Å². The van der Waals surface area contributed by atoms with Crippen molar-refractivity contribution in [1.82, 2.24) is 0 Å². The molecule has 0 unspecified atom stereocenters. The van der Waals surface area contributed by atoms with E-state index in [1.807, 2.05) is 11.3 Å². The Morgan fingerprint density at radius 1 is 0.486 bits per heavy atom. The smallest absolute Gasteiger partial charge is 0.136 e. The first-order chi connectivity index (χ1) is 18.3. The minimum Gasteiger partial charge on any atom is -0.456 e. The van der Waals surface area contributed by atoms with Crippen molar-refractivity contribution in [2.75, 3.05) is 4.90 Å². The van der Waals surface area contributed by atoms with Crippen molar-refractivity contribution in [3.63, 3.8) is 0 Å². The van der Waals surface area contributed by atoms with Crippen LogP contribution in [0, 0.1) is 0 Å². The van der Waals surface area contributed by atoms with E-state index in [-0.39, 0.29) is 0 Å². The molecule has 8 rings (SSSR count). The number of hydrogen-bond acceptors (Lipinski definition) is 3. The van der Waals surface area contributed by atoms with Gasteiger partial charge >= 0.3 is 0 Å². The van der Waals surface area contributed by atoms with Crippen LogP contribution < -0.4 is 4.90 Å². The average molecular weight is 492 g/mol. The van der Waals surface area contributed by atoms with Gasteiger partial charge in [-0.1, -0.05) is 72.8 Å². The zero-order valence-corrected chi connectivity index (χ0v) is 20.7. The first kappa shape index (κ1) is 20.6. The summed E-state index contributed by atoms with van der Waals surface area (Å²) in [6, 6.07) is 45.4.